The summed E-state index contributed by atoms with van der Waals surface area (Å²) in [4.78, 5) is 35.0. The van der Waals surface area contributed by atoms with Crippen LogP contribution in [-0.2, 0) is 11.3 Å². The molecule has 2 fully saturated rings. The maximum absolute atomic E-state index is 13.5. The summed E-state index contributed by atoms with van der Waals surface area (Å²) >= 11 is 6.21. The largest absolute Gasteiger partial charge is 0.434 e. The Bertz CT molecular complexity index is 1690. The number of carbonyl (C=O) groups is 2. The number of anilines is 2. The van der Waals surface area contributed by atoms with E-state index >= 15 is 0 Å². The Kier molecular flexibility index (Phi) is 8.33. The molecule has 13 nitrogen and oxygen atoms in total. The third kappa shape index (κ3) is 6.16. The third-order valence-corrected chi connectivity index (χ3v) is 8.13. The molecule has 6 rings (SSSR count). The van der Waals surface area contributed by atoms with Gasteiger partial charge in [-0.2, -0.15) is 13.9 Å². The molecule has 0 saturated carbocycles. The molecule has 0 aliphatic carbocycles. The molecule has 2 saturated heterocycles. The number of nitrogens with one attached hydrogen (secondary N) is 1. The number of carbonyl (C=O) groups excluding carboxylic acids is 2. The lowest BCUT2D eigenvalue weighted by Gasteiger charge is -2.36. The molecule has 2 amide bonds. The highest BCUT2D eigenvalue weighted by Crippen LogP contribution is 2.37. The molecule has 0 radical (unpaired) electrons. The van der Waals surface area contributed by atoms with E-state index in [2.05, 4.69) is 25.4 Å². The second-order valence-corrected chi connectivity index (χ2v) is 11.2. The zero-order valence-corrected chi connectivity index (χ0v) is 24.2. The highest BCUT2D eigenvalue weighted by Gasteiger charge is 2.31. The highest BCUT2D eigenvalue weighted by molar-refractivity contribution is 6.31. The van der Waals surface area contributed by atoms with E-state index in [1.165, 1.54) is 39.8 Å². The SMILES string of the molecule is Nc1nn2cccnc2c1C(=O)Nc1cn(CC(=O)N2CCC(N3CC[C@@H](O)C3)CC2)nc1-c1cc(Cl)ccc1OC(F)F. The zero-order chi connectivity index (χ0) is 31.0. The molecule has 4 N–H and O–H groups in total. The third-order valence-electron chi connectivity index (χ3n) is 7.90. The Labute approximate surface area is 255 Å². The Morgan fingerprint density at radius 2 is 1.98 bits per heavy atom. The molecular formula is C28H30ClF2N9O4. The number of β-amino-alcohol motifs (C(OH)–C–C–N with tert-alkyl or cyclic N) is 1. The number of aliphatic hydroxyl groups excluding tert-OH is 1. The van der Waals surface area contributed by atoms with Crippen molar-refractivity contribution in [2.75, 3.05) is 37.2 Å². The van der Waals surface area contributed by atoms with Gasteiger partial charge in [-0.1, -0.05) is 11.6 Å². The number of ether oxygens (including phenoxy) is 1. The molecular weight excluding hydrogens is 600 g/mol. The maximum atomic E-state index is 13.5. The van der Waals surface area contributed by atoms with Crippen molar-refractivity contribution in [2.24, 2.45) is 0 Å². The predicted molar refractivity (Wildman–Crippen MR) is 156 cm³/mol. The first-order chi connectivity index (χ1) is 21.2. The number of alkyl halides is 2. The minimum absolute atomic E-state index is 0.00363. The normalized spacial score (nSPS) is 17.9. The first kappa shape index (κ1) is 29.7. The quantitative estimate of drug-likeness (QED) is 0.267. The lowest BCUT2D eigenvalue weighted by atomic mass is 10.0. The summed E-state index contributed by atoms with van der Waals surface area (Å²) in [5.74, 6) is -1.15. The molecule has 0 unspecified atom stereocenters. The number of hydrogen-bond acceptors (Lipinski definition) is 9. The first-order valence-corrected chi connectivity index (χ1v) is 14.5. The maximum Gasteiger partial charge on any atom is 0.387 e. The number of aliphatic hydroxyl groups is 1. The number of nitrogen functional groups attached to an aromatic ring is 1. The van der Waals surface area contributed by atoms with Crippen LogP contribution in [0.15, 0.2) is 42.9 Å². The van der Waals surface area contributed by atoms with E-state index in [1.54, 1.807) is 17.2 Å². The van der Waals surface area contributed by atoms with Crippen LogP contribution in [0, 0.1) is 0 Å². The summed E-state index contributed by atoms with van der Waals surface area (Å²) in [5, 5.41) is 21.4. The van der Waals surface area contributed by atoms with Gasteiger partial charge in [-0.25, -0.2) is 9.50 Å². The summed E-state index contributed by atoms with van der Waals surface area (Å²) in [7, 11) is 0. The van der Waals surface area contributed by atoms with Crippen molar-refractivity contribution in [3.63, 3.8) is 0 Å². The van der Waals surface area contributed by atoms with Crippen LogP contribution in [0.1, 0.15) is 29.6 Å². The van der Waals surface area contributed by atoms with Crippen molar-refractivity contribution in [3.05, 3.63) is 53.4 Å². The first-order valence-electron chi connectivity index (χ1n) is 14.1. The fourth-order valence-electron chi connectivity index (χ4n) is 5.80. The van der Waals surface area contributed by atoms with Gasteiger partial charge in [0.05, 0.1) is 11.8 Å². The van der Waals surface area contributed by atoms with Crippen LogP contribution in [0.5, 0.6) is 5.75 Å². The molecule has 232 valence electrons. The van der Waals surface area contributed by atoms with E-state index < -0.39 is 12.5 Å². The highest BCUT2D eigenvalue weighted by atomic mass is 35.5. The van der Waals surface area contributed by atoms with Gasteiger partial charge < -0.3 is 25.8 Å². The fraction of sp³-hybridized carbons (Fsp3) is 0.393. The number of nitrogens with two attached hydrogens (primary N) is 1. The van der Waals surface area contributed by atoms with E-state index in [-0.39, 0.29) is 63.3 Å². The van der Waals surface area contributed by atoms with Gasteiger partial charge in [0.15, 0.2) is 11.5 Å². The summed E-state index contributed by atoms with van der Waals surface area (Å²) in [6.45, 7) is -0.691. The van der Waals surface area contributed by atoms with E-state index in [0.717, 1.165) is 25.8 Å². The Balaban J connectivity index is 1.27. The molecule has 0 bridgehead atoms. The number of nitrogens with zero attached hydrogens (tertiary/aromatic N) is 7. The van der Waals surface area contributed by atoms with Crippen molar-refractivity contribution in [1.82, 2.24) is 34.2 Å². The van der Waals surface area contributed by atoms with Gasteiger partial charge >= 0.3 is 6.61 Å². The van der Waals surface area contributed by atoms with E-state index in [9.17, 15) is 23.5 Å². The predicted octanol–water partition coefficient (Wildman–Crippen LogP) is 2.74. The van der Waals surface area contributed by atoms with Crippen molar-refractivity contribution in [1.29, 1.82) is 0 Å². The summed E-state index contributed by atoms with van der Waals surface area (Å²) in [5.41, 5.74) is 6.48. The number of likely N-dealkylation sites (tertiary alicyclic amines) is 2. The van der Waals surface area contributed by atoms with Gasteiger partial charge in [0.2, 0.25) is 5.91 Å². The van der Waals surface area contributed by atoms with Crippen LogP contribution < -0.4 is 15.8 Å². The van der Waals surface area contributed by atoms with Gasteiger partial charge in [-0.15, -0.1) is 5.10 Å². The average Bonchev–Trinajstić information content (AvgIpc) is 3.69. The number of benzene rings is 1. The second kappa shape index (κ2) is 12.3. The molecule has 44 heavy (non-hydrogen) atoms. The molecule has 0 spiro atoms. The van der Waals surface area contributed by atoms with Crippen LogP contribution in [0.4, 0.5) is 20.3 Å². The lowest BCUT2D eigenvalue weighted by molar-refractivity contribution is -0.133. The fourth-order valence-corrected chi connectivity index (χ4v) is 5.98. The Morgan fingerprint density at radius 3 is 2.70 bits per heavy atom. The summed E-state index contributed by atoms with van der Waals surface area (Å²) in [6, 6.07) is 5.99. The van der Waals surface area contributed by atoms with Crippen LogP contribution in [0.25, 0.3) is 16.9 Å². The van der Waals surface area contributed by atoms with Crippen LogP contribution in [0.2, 0.25) is 5.02 Å². The minimum atomic E-state index is -3.13. The number of aromatic nitrogens is 5. The van der Waals surface area contributed by atoms with Crippen LogP contribution in [-0.4, -0.2) is 96.0 Å². The standard InChI is InChI=1S/C28H30ClF2N9O4/c29-16-2-3-21(44-28(30)31)19(12-16)24-20(34-27(43)23-25(32)36-40-8-1-7-33-26(23)40)14-39(35-24)15-22(42)37-9-4-17(5-10-37)38-11-6-18(41)13-38/h1-3,7-8,12,14,17-18,28,41H,4-6,9-11,13,15H2,(H2,32,36)(H,34,43)/t18-/m1/s1. The van der Waals surface area contributed by atoms with E-state index in [4.69, 9.17) is 22.1 Å². The van der Waals surface area contributed by atoms with E-state index in [1.807, 2.05) is 0 Å². The van der Waals surface area contributed by atoms with E-state index in [0.29, 0.717) is 25.7 Å². The van der Waals surface area contributed by atoms with Crippen molar-refractivity contribution in [2.45, 2.75) is 44.6 Å². The summed E-state index contributed by atoms with van der Waals surface area (Å²) in [6.07, 6.45) is 6.54. The number of amides is 2. The molecule has 3 aromatic heterocycles. The van der Waals surface area contributed by atoms with Crippen LogP contribution >= 0.6 is 11.6 Å². The number of fused-ring (bicyclic) bond motifs is 1. The van der Waals surface area contributed by atoms with Crippen molar-refractivity contribution in [3.8, 4) is 17.0 Å². The molecule has 4 aromatic rings. The molecule has 2 aliphatic rings. The number of rotatable bonds is 8. The van der Waals surface area contributed by atoms with Gasteiger partial charge in [0, 0.05) is 61.4 Å². The average molecular weight is 630 g/mol. The van der Waals surface area contributed by atoms with Crippen molar-refractivity contribution >= 4 is 40.6 Å². The molecule has 2 aliphatic heterocycles. The number of hydrogen-bond donors (Lipinski definition) is 3. The van der Waals surface area contributed by atoms with Crippen LogP contribution in [0.3, 0.4) is 0 Å². The molecule has 1 atom stereocenters. The molecule has 5 heterocycles. The Morgan fingerprint density at radius 1 is 1.18 bits per heavy atom. The van der Waals surface area contributed by atoms with Gasteiger partial charge in [-0.05, 0) is 43.5 Å². The molecule has 16 heteroatoms. The van der Waals surface area contributed by atoms with Gasteiger partial charge in [0.25, 0.3) is 5.91 Å². The lowest BCUT2D eigenvalue weighted by Crippen LogP contribution is -2.47. The summed E-state index contributed by atoms with van der Waals surface area (Å²) < 4.78 is 34.0. The minimum Gasteiger partial charge on any atom is -0.434 e. The Hall–Kier alpha value is -4.34. The zero-order valence-electron chi connectivity index (χ0n) is 23.4. The van der Waals surface area contributed by atoms with Gasteiger partial charge in [0.1, 0.15) is 23.6 Å². The van der Waals surface area contributed by atoms with Crippen molar-refractivity contribution < 1.29 is 28.2 Å². The second-order valence-electron chi connectivity index (χ2n) is 10.8. The number of piperidine rings is 1. The topological polar surface area (TPSA) is 156 Å². The molecule has 1 aromatic carbocycles. The smallest absolute Gasteiger partial charge is 0.387 e. The van der Waals surface area contributed by atoms with Gasteiger partial charge in [-0.3, -0.25) is 19.2 Å². The monoisotopic (exact) mass is 629 g/mol. The number of halogens is 3.